The summed E-state index contributed by atoms with van der Waals surface area (Å²) in [7, 11) is 0. The molecule has 0 amide bonds. The minimum Gasteiger partial charge on any atom is -0.438 e. The molecular formula is C19H20N4O2S. The summed E-state index contributed by atoms with van der Waals surface area (Å²) in [4.78, 5) is 5.63. The Morgan fingerprint density at radius 3 is 2.38 bits per heavy atom. The highest BCUT2D eigenvalue weighted by Gasteiger charge is 2.18. The molecule has 0 spiro atoms. The van der Waals surface area contributed by atoms with E-state index in [9.17, 15) is 5.21 Å². The van der Waals surface area contributed by atoms with Gasteiger partial charge in [0.2, 0.25) is 11.7 Å². The summed E-state index contributed by atoms with van der Waals surface area (Å²) >= 11 is 1.66. The number of benzene rings is 1. The van der Waals surface area contributed by atoms with E-state index in [0.717, 1.165) is 22.0 Å². The van der Waals surface area contributed by atoms with Crippen LogP contribution in [0.15, 0.2) is 52.5 Å². The van der Waals surface area contributed by atoms with Crippen molar-refractivity contribution in [2.45, 2.75) is 25.7 Å². The van der Waals surface area contributed by atoms with Crippen molar-refractivity contribution < 1.29 is 9.94 Å². The standard InChI is InChI=1S/C19H20N4O2S/c1-12-5-10-17(18(22-24)23-14(3)11-13(2)21-23)19(20-12)25-15-6-8-16(26-4)9-7-15/h5-11,24H,1-4H3/b22-18-. The molecule has 2 aromatic heterocycles. The molecule has 134 valence electrons. The van der Waals surface area contributed by atoms with Crippen LogP contribution < -0.4 is 4.74 Å². The Morgan fingerprint density at radius 2 is 1.81 bits per heavy atom. The molecule has 0 fully saturated rings. The highest BCUT2D eigenvalue weighted by molar-refractivity contribution is 7.98. The monoisotopic (exact) mass is 368 g/mol. The van der Waals surface area contributed by atoms with Crippen molar-refractivity contribution in [1.29, 1.82) is 0 Å². The van der Waals surface area contributed by atoms with Crippen LogP contribution >= 0.6 is 11.8 Å². The van der Waals surface area contributed by atoms with E-state index in [2.05, 4.69) is 15.2 Å². The van der Waals surface area contributed by atoms with Crippen molar-refractivity contribution >= 4 is 17.6 Å². The van der Waals surface area contributed by atoms with Gasteiger partial charge >= 0.3 is 0 Å². The van der Waals surface area contributed by atoms with Crippen molar-refractivity contribution in [2.75, 3.05) is 6.26 Å². The summed E-state index contributed by atoms with van der Waals surface area (Å²) in [5.41, 5.74) is 3.04. The molecule has 7 heteroatoms. The molecule has 3 rings (SSSR count). The van der Waals surface area contributed by atoms with Gasteiger partial charge < -0.3 is 9.94 Å². The maximum atomic E-state index is 9.64. The van der Waals surface area contributed by atoms with E-state index < -0.39 is 0 Å². The van der Waals surface area contributed by atoms with Gasteiger partial charge in [0.05, 0.1) is 11.3 Å². The van der Waals surface area contributed by atoms with Crippen LogP contribution in [0.5, 0.6) is 11.6 Å². The van der Waals surface area contributed by atoms with E-state index >= 15 is 0 Å². The Hall–Kier alpha value is -2.80. The normalized spacial score (nSPS) is 11.6. The predicted molar refractivity (Wildman–Crippen MR) is 103 cm³/mol. The van der Waals surface area contributed by atoms with Crippen molar-refractivity contribution in [3.63, 3.8) is 0 Å². The third-order valence-corrected chi connectivity index (χ3v) is 4.56. The molecule has 0 saturated carbocycles. The lowest BCUT2D eigenvalue weighted by Crippen LogP contribution is -2.18. The van der Waals surface area contributed by atoms with Gasteiger partial charge in [-0.05, 0) is 69.5 Å². The number of pyridine rings is 1. The molecular weight excluding hydrogens is 348 g/mol. The zero-order chi connectivity index (χ0) is 18.7. The van der Waals surface area contributed by atoms with E-state index in [1.54, 1.807) is 16.4 Å². The molecule has 2 heterocycles. The molecule has 1 aromatic carbocycles. The Bertz CT molecular complexity index is 949. The Labute approximate surface area is 156 Å². The molecule has 26 heavy (non-hydrogen) atoms. The Morgan fingerprint density at radius 1 is 1.08 bits per heavy atom. The smallest absolute Gasteiger partial charge is 0.230 e. The quantitative estimate of drug-likeness (QED) is 0.243. The number of oxime groups is 1. The van der Waals surface area contributed by atoms with Gasteiger partial charge in [-0.25, -0.2) is 9.67 Å². The minimum absolute atomic E-state index is 0.263. The largest absolute Gasteiger partial charge is 0.438 e. The minimum atomic E-state index is 0.263. The maximum absolute atomic E-state index is 9.64. The molecule has 0 bridgehead atoms. The summed E-state index contributed by atoms with van der Waals surface area (Å²) in [6.45, 7) is 5.66. The van der Waals surface area contributed by atoms with Gasteiger partial charge in [0.15, 0.2) is 0 Å². The summed E-state index contributed by atoms with van der Waals surface area (Å²) in [6.07, 6.45) is 2.02. The van der Waals surface area contributed by atoms with Crippen LogP contribution in [0.1, 0.15) is 22.6 Å². The van der Waals surface area contributed by atoms with Crippen LogP contribution in [0.3, 0.4) is 0 Å². The summed E-state index contributed by atoms with van der Waals surface area (Å²) in [6, 6.07) is 13.3. The van der Waals surface area contributed by atoms with Crippen LogP contribution in [0.2, 0.25) is 0 Å². The fourth-order valence-corrected chi connectivity index (χ4v) is 3.00. The highest BCUT2D eigenvalue weighted by atomic mass is 32.2. The first-order valence-corrected chi connectivity index (χ1v) is 9.30. The van der Waals surface area contributed by atoms with Gasteiger partial charge in [0.1, 0.15) is 5.75 Å². The van der Waals surface area contributed by atoms with Crippen LogP contribution in [0.25, 0.3) is 0 Å². The second kappa shape index (κ2) is 7.61. The van der Waals surface area contributed by atoms with Crippen LogP contribution in [-0.4, -0.2) is 32.1 Å². The number of hydrogen-bond acceptors (Lipinski definition) is 6. The SMILES string of the molecule is CSc1ccc(Oc2nc(C)ccc2/C(=N/O)n2nc(C)cc2C)cc1. The highest BCUT2D eigenvalue weighted by Crippen LogP contribution is 2.27. The molecule has 0 unspecified atom stereocenters. The number of nitrogens with zero attached hydrogens (tertiary/aromatic N) is 4. The lowest BCUT2D eigenvalue weighted by Gasteiger charge is -2.13. The molecule has 6 nitrogen and oxygen atoms in total. The van der Waals surface area contributed by atoms with Gasteiger partial charge in [-0.3, -0.25) is 0 Å². The molecule has 0 saturated heterocycles. The topological polar surface area (TPSA) is 72.5 Å². The van der Waals surface area contributed by atoms with E-state index in [1.807, 2.05) is 69.5 Å². The zero-order valence-corrected chi connectivity index (χ0v) is 15.9. The van der Waals surface area contributed by atoms with E-state index in [1.165, 1.54) is 0 Å². The second-order valence-corrected chi connectivity index (χ2v) is 6.73. The molecule has 3 aromatic rings. The number of rotatable bonds is 4. The average Bonchev–Trinajstić information content (AvgIpc) is 2.96. The third kappa shape index (κ3) is 3.72. The van der Waals surface area contributed by atoms with Gasteiger partial charge in [0, 0.05) is 16.3 Å². The second-order valence-electron chi connectivity index (χ2n) is 5.85. The summed E-state index contributed by atoms with van der Waals surface area (Å²) in [5, 5.41) is 17.5. The molecule has 0 atom stereocenters. The van der Waals surface area contributed by atoms with Gasteiger partial charge in [-0.1, -0.05) is 5.16 Å². The lowest BCUT2D eigenvalue weighted by molar-refractivity contribution is 0.316. The third-order valence-electron chi connectivity index (χ3n) is 3.82. The van der Waals surface area contributed by atoms with Crippen molar-refractivity contribution in [2.24, 2.45) is 5.16 Å². The molecule has 0 aliphatic heterocycles. The number of aromatic nitrogens is 3. The van der Waals surface area contributed by atoms with Crippen LogP contribution in [0.4, 0.5) is 0 Å². The molecule has 0 radical (unpaired) electrons. The average molecular weight is 368 g/mol. The first-order chi connectivity index (χ1) is 12.5. The van der Waals surface area contributed by atoms with Crippen LogP contribution in [0, 0.1) is 20.8 Å². The van der Waals surface area contributed by atoms with Gasteiger partial charge in [-0.15, -0.1) is 11.8 Å². The summed E-state index contributed by atoms with van der Waals surface area (Å²) in [5.74, 6) is 1.29. The fourth-order valence-electron chi connectivity index (χ4n) is 2.59. The van der Waals surface area contributed by atoms with E-state index in [4.69, 9.17) is 4.74 Å². The van der Waals surface area contributed by atoms with Crippen molar-refractivity contribution in [3.8, 4) is 11.6 Å². The number of hydrogen-bond donors (Lipinski definition) is 1. The zero-order valence-electron chi connectivity index (χ0n) is 15.1. The Kier molecular flexibility index (Phi) is 5.27. The first kappa shape index (κ1) is 18.0. The maximum Gasteiger partial charge on any atom is 0.230 e. The Balaban J connectivity index is 2.03. The molecule has 1 N–H and O–H groups in total. The summed E-state index contributed by atoms with van der Waals surface area (Å²) < 4.78 is 7.56. The molecule has 0 aliphatic carbocycles. The van der Waals surface area contributed by atoms with Gasteiger partial charge in [-0.2, -0.15) is 5.10 Å². The van der Waals surface area contributed by atoms with Gasteiger partial charge in [0.25, 0.3) is 0 Å². The fraction of sp³-hybridized carbons (Fsp3) is 0.211. The van der Waals surface area contributed by atoms with E-state index in [0.29, 0.717) is 17.2 Å². The van der Waals surface area contributed by atoms with Crippen molar-refractivity contribution in [1.82, 2.24) is 14.8 Å². The number of thioether (sulfide) groups is 1. The van der Waals surface area contributed by atoms with Crippen molar-refractivity contribution in [3.05, 3.63) is 65.1 Å². The first-order valence-electron chi connectivity index (χ1n) is 8.07. The number of aryl methyl sites for hydroxylation is 3. The van der Waals surface area contributed by atoms with Crippen LogP contribution in [-0.2, 0) is 0 Å². The lowest BCUT2D eigenvalue weighted by atomic mass is 10.2. The molecule has 0 aliphatic rings. The van der Waals surface area contributed by atoms with E-state index in [-0.39, 0.29) is 5.84 Å². The number of ether oxygens (including phenoxy) is 1. The predicted octanol–water partition coefficient (Wildman–Crippen LogP) is 4.40.